The lowest BCUT2D eigenvalue weighted by Crippen LogP contribution is -2.34. The van der Waals surface area contributed by atoms with Crippen LogP contribution in [0.4, 0.5) is 4.79 Å². The van der Waals surface area contributed by atoms with Crippen molar-refractivity contribution in [3.63, 3.8) is 0 Å². The Labute approximate surface area is 155 Å². The molecule has 0 radical (unpaired) electrons. The van der Waals surface area contributed by atoms with Crippen LogP contribution in [-0.2, 0) is 6.42 Å². The lowest BCUT2D eigenvalue weighted by atomic mass is 10.1. The number of ether oxygens (including phenoxy) is 1. The van der Waals surface area contributed by atoms with Gasteiger partial charge >= 0.3 is 6.03 Å². The number of hydrogen-bond donors (Lipinski definition) is 2. The first-order valence-electron chi connectivity index (χ1n) is 8.07. The molecule has 1 aromatic heterocycles. The van der Waals surface area contributed by atoms with E-state index in [2.05, 4.69) is 17.1 Å². The Morgan fingerprint density at radius 3 is 2.50 bits per heavy atom. The number of hydroxylamine groups is 2. The Kier molecular flexibility index (Phi) is 5.50. The summed E-state index contributed by atoms with van der Waals surface area (Å²) in [6.45, 7) is 1.65. The van der Waals surface area contributed by atoms with E-state index in [4.69, 9.17) is 10.5 Å². The summed E-state index contributed by atoms with van der Waals surface area (Å²) < 4.78 is 5.75. The van der Waals surface area contributed by atoms with E-state index in [9.17, 15) is 10.0 Å². The highest BCUT2D eigenvalue weighted by Gasteiger charge is 2.20. The fourth-order valence-corrected chi connectivity index (χ4v) is 3.25. The fraction of sp³-hybridized carbons (Fsp3) is 0.158. The number of nitrogens with zero attached hydrogens (tertiary/aromatic N) is 2. The summed E-state index contributed by atoms with van der Waals surface area (Å²) in [5.74, 6) is 0.672. The predicted molar refractivity (Wildman–Crippen MR) is 99.5 cm³/mol. The molecule has 3 N–H and O–H groups in total. The Hall–Kier alpha value is -2.90. The largest absolute Gasteiger partial charge is 0.431 e. The summed E-state index contributed by atoms with van der Waals surface area (Å²) in [6, 6.07) is 16.6. The molecular weight excluding hydrogens is 350 g/mol. The third kappa shape index (κ3) is 4.38. The standard InChI is InChI=1S/C19H19N3O3S/c1-13(22(24)18(20)23)17-12-21-19(26-17)25-16-9-7-15(8-10-16)11-14-5-3-2-4-6-14/h2-10,12-13,24H,11H2,1H3,(H2,20,23). The fourth-order valence-electron chi connectivity index (χ4n) is 2.43. The molecule has 0 aliphatic heterocycles. The maximum Gasteiger partial charge on any atom is 0.339 e. The van der Waals surface area contributed by atoms with Crippen LogP contribution < -0.4 is 10.5 Å². The summed E-state index contributed by atoms with van der Waals surface area (Å²) in [7, 11) is 0. The Morgan fingerprint density at radius 2 is 1.85 bits per heavy atom. The first kappa shape index (κ1) is 17.9. The number of thiazole rings is 1. The van der Waals surface area contributed by atoms with Crippen molar-refractivity contribution in [1.29, 1.82) is 0 Å². The van der Waals surface area contributed by atoms with E-state index in [1.54, 1.807) is 13.1 Å². The number of aromatic nitrogens is 1. The van der Waals surface area contributed by atoms with E-state index in [0.717, 1.165) is 6.42 Å². The number of primary amides is 1. The molecule has 0 saturated carbocycles. The number of carbonyl (C=O) groups excluding carboxylic acids is 1. The minimum atomic E-state index is -0.914. The summed E-state index contributed by atoms with van der Waals surface area (Å²) >= 11 is 1.25. The van der Waals surface area contributed by atoms with Gasteiger partial charge in [0.25, 0.3) is 5.19 Å². The van der Waals surface area contributed by atoms with Crippen LogP contribution in [0.3, 0.4) is 0 Å². The van der Waals surface area contributed by atoms with E-state index in [-0.39, 0.29) is 0 Å². The number of urea groups is 1. The molecule has 7 heteroatoms. The second kappa shape index (κ2) is 7.99. The quantitative estimate of drug-likeness (QED) is 0.499. The first-order valence-corrected chi connectivity index (χ1v) is 8.88. The molecule has 2 aromatic carbocycles. The maximum absolute atomic E-state index is 11.0. The SMILES string of the molecule is CC(c1cnc(Oc2ccc(Cc3ccccc3)cc2)s1)N(O)C(N)=O. The smallest absolute Gasteiger partial charge is 0.339 e. The Morgan fingerprint density at radius 1 is 1.19 bits per heavy atom. The van der Waals surface area contributed by atoms with Crippen LogP contribution in [0.5, 0.6) is 10.9 Å². The van der Waals surface area contributed by atoms with Crippen molar-refractivity contribution in [3.05, 3.63) is 76.8 Å². The van der Waals surface area contributed by atoms with Crippen LogP contribution in [0.1, 0.15) is 29.0 Å². The molecule has 0 fully saturated rings. The van der Waals surface area contributed by atoms with Gasteiger partial charge in [-0.15, -0.1) is 0 Å². The number of hydrogen-bond acceptors (Lipinski definition) is 5. The number of amides is 2. The molecule has 0 aliphatic rings. The lowest BCUT2D eigenvalue weighted by Gasteiger charge is -2.18. The average molecular weight is 369 g/mol. The average Bonchev–Trinajstić information content (AvgIpc) is 3.11. The van der Waals surface area contributed by atoms with Gasteiger partial charge in [-0.05, 0) is 36.6 Å². The van der Waals surface area contributed by atoms with Crippen LogP contribution in [0.2, 0.25) is 0 Å². The monoisotopic (exact) mass is 369 g/mol. The van der Waals surface area contributed by atoms with Gasteiger partial charge in [-0.25, -0.2) is 9.78 Å². The second-order valence-electron chi connectivity index (χ2n) is 5.80. The third-order valence-corrected chi connectivity index (χ3v) is 4.93. The van der Waals surface area contributed by atoms with Crippen LogP contribution >= 0.6 is 11.3 Å². The zero-order valence-electron chi connectivity index (χ0n) is 14.2. The molecule has 0 saturated heterocycles. The van der Waals surface area contributed by atoms with Gasteiger partial charge in [0.05, 0.1) is 10.9 Å². The second-order valence-corrected chi connectivity index (χ2v) is 6.82. The van der Waals surface area contributed by atoms with Crippen LogP contribution in [0.15, 0.2) is 60.8 Å². The Balaban J connectivity index is 1.63. The highest BCUT2D eigenvalue weighted by molar-refractivity contribution is 7.13. The van der Waals surface area contributed by atoms with Gasteiger partial charge in [0, 0.05) is 6.20 Å². The molecule has 0 aliphatic carbocycles. The molecule has 1 unspecified atom stereocenters. The third-order valence-electron chi connectivity index (χ3n) is 3.89. The van der Waals surface area contributed by atoms with Gasteiger partial charge in [-0.2, -0.15) is 5.06 Å². The Bertz CT molecular complexity index is 865. The molecule has 0 spiro atoms. The molecule has 3 aromatic rings. The van der Waals surface area contributed by atoms with Crippen molar-refractivity contribution in [2.75, 3.05) is 0 Å². The van der Waals surface area contributed by atoms with Crippen molar-refractivity contribution < 1.29 is 14.7 Å². The molecule has 3 rings (SSSR count). The predicted octanol–water partition coefficient (Wildman–Crippen LogP) is 4.36. The molecule has 134 valence electrons. The summed E-state index contributed by atoms with van der Waals surface area (Å²) in [4.78, 5) is 15.9. The van der Waals surface area contributed by atoms with Gasteiger partial charge in [0.1, 0.15) is 5.75 Å². The summed E-state index contributed by atoms with van der Waals surface area (Å²) in [6.07, 6.45) is 2.42. The zero-order chi connectivity index (χ0) is 18.5. The van der Waals surface area contributed by atoms with Gasteiger partial charge < -0.3 is 10.5 Å². The molecular formula is C19H19N3O3S. The maximum atomic E-state index is 11.0. The van der Waals surface area contributed by atoms with Crippen LogP contribution in [0, 0.1) is 0 Å². The van der Waals surface area contributed by atoms with Crippen LogP contribution in [-0.4, -0.2) is 21.3 Å². The normalized spacial score (nSPS) is 11.8. The summed E-state index contributed by atoms with van der Waals surface area (Å²) in [5, 5.41) is 10.5. The van der Waals surface area contributed by atoms with Crippen molar-refractivity contribution >= 4 is 17.4 Å². The van der Waals surface area contributed by atoms with Crippen LogP contribution in [0.25, 0.3) is 0 Å². The van der Waals surface area contributed by atoms with E-state index < -0.39 is 12.1 Å². The molecule has 1 heterocycles. The number of nitrogens with two attached hydrogens (primary N) is 1. The highest BCUT2D eigenvalue weighted by Crippen LogP contribution is 2.31. The molecule has 6 nitrogen and oxygen atoms in total. The van der Waals surface area contributed by atoms with Gasteiger partial charge in [0.15, 0.2) is 0 Å². The minimum Gasteiger partial charge on any atom is -0.431 e. The summed E-state index contributed by atoms with van der Waals surface area (Å²) in [5.41, 5.74) is 7.51. The van der Waals surface area contributed by atoms with E-state index >= 15 is 0 Å². The topological polar surface area (TPSA) is 88.7 Å². The van der Waals surface area contributed by atoms with E-state index in [1.807, 2.05) is 42.5 Å². The number of benzene rings is 2. The van der Waals surface area contributed by atoms with Crippen molar-refractivity contribution in [2.45, 2.75) is 19.4 Å². The highest BCUT2D eigenvalue weighted by atomic mass is 32.1. The first-order chi connectivity index (χ1) is 12.5. The number of carbonyl (C=O) groups is 1. The minimum absolute atomic E-state index is 0.431. The van der Waals surface area contributed by atoms with Gasteiger partial charge in [0.2, 0.25) is 0 Å². The van der Waals surface area contributed by atoms with E-state index in [1.165, 1.54) is 22.5 Å². The van der Waals surface area contributed by atoms with E-state index in [0.29, 0.717) is 20.9 Å². The molecule has 1 atom stereocenters. The number of rotatable bonds is 6. The lowest BCUT2D eigenvalue weighted by molar-refractivity contribution is -0.0700. The molecule has 26 heavy (non-hydrogen) atoms. The molecule has 2 amide bonds. The van der Waals surface area contributed by atoms with Crippen molar-refractivity contribution in [2.24, 2.45) is 5.73 Å². The van der Waals surface area contributed by atoms with Gasteiger partial charge in [-0.3, -0.25) is 5.21 Å². The van der Waals surface area contributed by atoms with Crippen molar-refractivity contribution in [3.8, 4) is 10.9 Å². The molecule has 0 bridgehead atoms. The zero-order valence-corrected chi connectivity index (χ0v) is 15.0. The van der Waals surface area contributed by atoms with Gasteiger partial charge in [-0.1, -0.05) is 53.8 Å². The van der Waals surface area contributed by atoms with Crippen molar-refractivity contribution in [1.82, 2.24) is 10.0 Å².